The number of sulfonamides is 1. The molecule has 0 unspecified atom stereocenters. The first-order chi connectivity index (χ1) is 50.6. The Labute approximate surface area is 671 Å². The summed E-state index contributed by atoms with van der Waals surface area (Å²) >= 11 is 64.0. The zero-order valence-corrected chi connectivity index (χ0v) is 64.8. The van der Waals surface area contributed by atoms with Gasteiger partial charge in [-0.3, -0.25) is 20.2 Å². The van der Waals surface area contributed by atoms with Crippen molar-refractivity contribution < 1.29 is 50.7 Å². The van der Waals surface area contributed by atoms with Crippen molar-refractivity contribution >= 4 is 174 Å². The van der Waals surface area contributed by atoms with Crippen LogP contribution in [0.25, 0.3) is 0 Å². The number of nitro groups is 2. The van der Waals surface area contributed by atoms with Gasteiger partial charge in [0.05, 0.1) is 98.8 Å². The minimum atomic E-state index is -4.09. The topological polar surface area (TPSA) is 360 Å². The number of halogens is 12. The fourth-order valence-corrected chi connectivity index (χ4v) is 12.8. The van der Waals surface area contributed by atoms with E-state index in [1.165, 1.54) is 101 Å². The van der Waals surface area contributed by atoms with Gasteiger partial charge in [-0.2, -0.15) is 30.6 Å². The second-order valence-electron chi connectivity index (χ2n) is 21.3. The smallest absolute Gasteiger partial charge is 0.312 e. The average Bonchev–Trinajstić information content (AvgIpc) is 0.785. The molecule has 0 amide bonds. The minimum Gasteiger partial charge on any atom is -0.506 e. The van der Waals surface area contributed by atoms with Gasteiger partial charge in [0.1, 0.15) is 60.8 Å². The number of benzene rings is 10. The third-order valence-electron chi connectivity index (χ3n) is 13.8. The molecular weight excluding hydrogens is 1680 g/mol. The Balaban J connectivity index is 0.000000207. The van der Waals surface area contributed by atoms with Gasteiger partial charge in [0.2, 0.25) is 15.8 Å². The molecule has 11 rings (SSSR count). The zero-order chi connectivity index (χ0) is 79.0. The number of ether oxygens (including phenoxy) is 4. The van der Waals surface area contributed by atoms with Gasteiger partial charge in [0.15, 0.2) is 0 Å². The highest BCUT2D eigenvalue weighted by atomic mass is 35.7. The van der Waals surface area contributed by atoms with Crippen LogP contribution >= 0.6 is 138 Å². The predicted molar refractivity (Wildman–Crippen MR) is 413 cm³/mol. The van der Waals surface area contributed by atoms with E-state index in [0.717, 1.165) is 31.0 Å². The fourth-order valence-electron chi connectivity index (χ4n) is 8.51. The molecule has 0 saturated carbocycles. The lowest BCUT2D eigenvalue weighted by molar-refractivity contribution is -0.385. The number of hydrogen-bond acceptors (Lipinski definition) is 19. The van der Waals surface area contributed by atoms with Gasteiger partial charge in [0, 0.05) is 91.3 Å². The SMILES string of the molecule is CC1CCN(S(=O)(=O)c2cc(C#N)ccc2Oc2cc(Cl)ccc2Cl)CC1.N#Cc1ccc(Cl)c([N+](=O)[O-])c1.N#Cc1ccc(Oc2cc(Cl)ccc2Cl)c(N)c1.N#Cc1ccc(Oc2cc(Cl)ccc2Cl)c(S(=O)(=O)Cl)c1.N#Cc1ccc(Oc2cc(Cl)ccc2Cl)c([N+](=O)[O-])c1.Oc1cc(Cl)ccc1Cl. The number of nitrogen functional groups attached to an aromatic ring is 1. The number of anilines is 1. The maximum atomic E-state index is 13.2. The maximum absolute atomic E-state index is 13.2. The lowest BCUT2D eigenvalue weighted by Crippen LogP contribution is -2.38. The van der Waals surface area contributed by atoms with Gasteiger partial charge >= 0.3 is 5.69 Å². The van der Waals surface area contributed by atoms with Crippen LogP contribution in [0.4, 0.5) is 17.1 Å². The first kappa shape index (κ1) is 86.5. The summed E-state index contributed by atoms with van der Waals surface area (Å²) in [6, 6.07) is 53.3. The van der Waals surface area contributed by atoms with Crippen molar-refractivity contribution in [2.45, 2.75) is 29.6 Å². The Morgan fingerprint density at radius 1 is 0.411 bits per heavy atom. The van der Waals surface area contributed by atoms with Crippen LogP contribution in [-0.4, -0.2) is 49.2 Å². The first-order valence-electron chi connectivity index (χ1n) is 29.6. The highest BCUT2D eigenvalue weighted by Crippen LogP contribution is 2.42. The summed E-state index contributed by atoms with van der Waals surface area (Å²) in [7, 11) is -2.55. The molecule has 0 aromatic heterocycles. The molecule has 22 nitrogen and oxygen atoms in total. The Bertz CT molecular complexity index is 5460. The number of hydrogen-bond donors (Lipinski definition) is 2. The van der Waals surface area contributed by atoms with E-state index in [2.05, 4.69) is 6.92 Å². The van der Waals surface area contributed by atoms with Crippen molar-refractivity contribution in [2.24, 2.45) is 5.92 Å². The minimum absolute atomic E-state index is 0.0156. The number of phenolic OH excluding ortho intramolecular Hbond substituents is 1. The molecule has 10 aromatic rings. The summed E-state index contributed by atoms with van der Waals surface area (Å²) in [5.74, 6) is 2.02. The fraction of sp³-hybridized carbons (Fsp3) is 0.0845. The van der Waals surface area contributed by atoms with Crippen molar-refractivity contribution in [3.8, 4) is 82.1 Å². The van der Waals surface area contributed by atoms with E-state index < -0.39 is 28.9 Å². The molecule has 1 aliphatic heterocycles. The van der Waals surface area contributed by atoms with Crippen molar-refractivity contribution in [3.05, 3.63) is 285 Å². The lowest BCUT2D eigenvalue weighted by atomic mass is 10.0. The van der Waals surface area contributed by atoms with Gasteiger partial charge in [-0.15, -0.1) is 0 Å². The number of phenols is 1. The summed E-state index contributed by atoms with van der Waals surface area (Å²) in [6.07, 6.45) is 1.60. The number of aromatic hydroxyl groups is 1. The standard InChI is InChI=1S/C19H18Cl2N2O3S.C13H6Cl3NO3S.C13H6Cl2N2O3.C13H8Cl2N2O.C7H3ClN2O2.C6H4Cl2O/c1-13-6-8-23(9-7-13)27(24,25)19-10-14(12-22)2-5-17(19)26-18-11-15(20)3-4-16(18)21;14-9-2-3-10(15)12(6-9)20-11-4-1-8(7-17)5-13(11)21(16,18)19;14-9-2-3-10(15)13(6-9)20-12-4-1-8(7-16)5-11(12)17(18)19;14-9-2-3-10(15)13(6-9)18-12-4-1-8(7-16)5-11(12)17;8-6-2-1-5(4-9)3-7(6)10(11)12;7-4-1-2-5(8)6(9)3-4/h2-5,10-11,13H,6-9H2,1H3;1-6H;1-6H;1-6H,17H2;1-3H;1-3,9H. The summed E-state index contributed by atoms with van der Waals surface area (Å²) in [5, 5.41) is 77.9. The van der Waals surface area contributed by atoms with Gasteiger partial charge in [-0.05, 0) is 158 Å². The molecule has 10 aromatic carbocycles. The second-order valence-corrected chi connectivity index (χ2v) is 30.4. The molecule has 548 valence electrons. The van der Waals surface area contributed by atoms with E-state index >= 15 is 0 Å². The molecule has 1 heterocycles. The molecule has 3 N–H and O–H groups in total. The zero-order valence-electron chi connectivity index (χ0n) is 54.1. The molecule has 0 atom stereocenters. The number of nitrogens with zero attached hydrogens (tertiary/aromatic N) is 8. The van der Waals surface area contributed by atoms with Gasteiger partial charge in [0.25, 0.3) is 14.7 Å². The molecule has 1 aliphatic rings. The number of nitrogens with two attached hydrogens (primary N) is 1. The molecule has 0 spiro atoms. The largest absolute Gasteiger partial charge is 0.506 e. The van der Waals surface area contributed by atoms with Crippen LogP contribution in [0.1, 0.15) is 47.6 Å². The number of rotatable bonds is 13. The Hall–Kier alpha value is -9.41. The van der Waals surface area contributed by atoms with Crippen LogP contribution in [0.15, 0.2) is 192 Å². The molecule has 36 heteroatoms. The molecular formula is C71H45Cl12N9O13S2. The summed E-state index contributed by atoms with van der Waals surface area (Å²) in [6.45, 7) is 2.99. The van der Waals surface area contributed by atoms with Crippen LogP contribution < -0.4 is 24.7 Å². The lowest BCUT2D eigenvalue weighted by Gasteiger charge is -2.30. The number of piperidine rings is 1. The predicted octanol–water partition coefficient (Wildman–Crippen LogP) is 23.3. The Morgan fingerprint density at radius 2 is 0.720 bits per heavy atom. The summed E-state index contributed by atoms with van der Waals surface area (Å²) in [4.78, 5) is 19.7. The van der Waals surface area contributed by atoms with Crippen LogP contribution in [0.3, 0.4) is 0 Å². The van der Waals surface area contributed by atoms with Crippen LogP contribution in [0.5, 0.6) is 51.7 Å². The summed E-state index contributed by atoms with van der Waals surface area (Å²) < 4.78 is 73.2. The van der Waals surface area contributed by atoms with Crippen molar-refractivity contribution in [1.82, 2.24) is 4.31 Å². The third-order valence-corrected chi connectivity index (χ3v) is 20.2. The quantitative estimate of drug-likeness (QED) is 0.0468. The van der Waals surface area contributed by atoms with Gasteiger partial charge in [-0.1, -0.05) is 135 Å². The molecule has 1 saturated heterocycles. The van der Waals surface area contributed by atoms with Crippen LogP contribution in [0.2, 0.25) is 55.2 Å². The van der Waals surface area contributed by atoms with E-state index in [4.69, 9.17) is 189 Å². The van der Waals surface area contributed by atoms with Crippen LogP contribution in [-0.2, 0) is 19.1 Å². The third kappa shape index (κ3) is 25.9. The van der Waals surface area contributed by atoms with E-state index in [9.17, 15) is 42.3 Å². The second kappa shape index (κ2) is 40.5. The highest BCUT2D eigenvalue weighted by Gasteiger charge is 2.32. The highest BCUT2D eigenvalue weighted by molar-refractivity contribution is 8.13. The van der Waals surface area contributed by atoms with Gasteiger partial charge < -0.3 is 29.8 Å². The molecule has 0 bridgehead atoms. The first-order valence-corrected chi connectivity index (χ1v) is 37.5. The van der Waals surface area contributed by atoms with Crippen molar-refractivity contribution in [3.63, 3.8) is 0 Å². The Morgan fingerprint density at radius 3 is 1.09 bits per heavy atom. The van der Waals surface area contributed by atoms with E-state index in [-0.39, 0.29) is 98.7 Å². The Kier molecular flexibility index (Phi) is 32.8. The van der Waals surface area contributed by atoms with Crippen LogP contribution in [0, 0.1) is 82.8 Å². The molecule has 0 radical (unpaired) electrons. The average molecular weight is 1720 g/mol. The molecule has 0 aliphatic carbocycles. The number of nitriles is 5. The normalized spacial score (nSPS) is 11.5. The molecule has 107 heavy (non-hydrogen) atoms. The van der Waals surface area contributed by atoms with Crippen molar-refractivity contribution in [2.75, 3.05) is 18.8 Å². The summed E-state index contributed by atoms with van der Waals surface area (Å²) in [5.41, 5.74) is 6.83. The van der Waals surface area contributed by atoms with E-state index in [1.807, 2.05) is 24.3 Å². The van der Waals surface area contributed by atoms with E-state index in [0.29, 0.717) is 81.9 Å². The van der Waals surface area contributed by atoms with Crippen molar-refractivity contribution in [1.29, 1.82) is 26.3 Å². The van der Waals surface area contributed by atoms with Gasteiger partial charge in [-0.25, -0.2) is 16.8 Å². The van der Waals surface area contributed by atoms with E-state index in [1.54, 1.807) is 72.8 Å². The maximum Gasteiger partial charge on any atom is 0.312 e. The molecule has 1 fully saturated rings. The monoisotopic (exact) mass is 1710 g/mol. The number of nitro benzene ring substituents is 2.